The number of ether oxygens (including phenoxy) is 1. The van der Waals surface area contributed by atoms with Gasteiger partial charge in [0.15, 0.2) is 11.6 Å². The van der Waals surface area contributed by atoms with Crippen LogP contribution in [0.5, 0.6) is 11.8 Å². The minimum absolute atomic E-state index is 0.121. The van der Waals surface area contributed by atoms with Crippen molar-refractivity contribution in [2.24, 2.45) is 0 Å². The molecule has 20 heavy (non-hydrogen) atoms. The molecule has 0 fully saturated rings. The van der Waals surface area contributed by atoms with Crippen LogP contribution < -0.4 is 14.7 Å². The van der Waals surface area contributed by atoms with Crippen molar-refractivity contribution in [3.05, 3.63) is 36.3 Å². The van der Waals surface area contributed by atoms with Gasteiger partial charge in [-0.3, -0.25) is 0 Å². The van der Waals surface area contributed by atoms with Crippen LogP contribution in [0.3, 0.4) is 0 Å². The van der Waals surface area contributed by atoms with E-state index in [4.69, 9.17) is 10.5 Å². The number of nitrogens with zero attached hydrogens (tertiary/aromatic N) is 2. The van der Waals surface area contributed by atoms with Crippen molar-refractivity contribution in [2.45, 2.75) is 4.90 Å². The number of nitrogen functional groups attached to an aromatic ring is 1. The highest BCUT2D eigenvalue weighted by Gasteiger charge is 2.19. The van der Waals surface area contributed by atoms with Crippen LogP contribution in [-0.4, -0.2) is 25.5 Å². The van der Waals surface area contributed by atoms with Gasteiger partial charge in [-0.05, 0) is 24.3 Å². The monoisotopic (exact) mass is 299 g/mol. The van der Waals surface area contributed by atoms with Crippen LogP contribution in [0.4, 0.5) is 10.2 Å². The third kappa shape index (κ3) is 2.94. The fraction of sp³-hybridized carbons (Fsp3) is 0.0909. The molecule has 0 saturated heterocycles. The summed E-state index contributed by atoms with van der Waals surface area (Å²) in [5.41, 5.74) is 5.20. The lowest BCUT2D eigenvalue weighted by Gasteiger charge is -2.06. The maximum atomic E-state index is 12.9. The molecule has 0 aliphatic carbocycles. The van der Waals surface area contributed by atoms with E-state index in [1.165, 1.54) is 31.4 Å². The number of rotatable bonds is 4. The molecular formula is C11H10FN3O4S. The Morgan fingerprint density at radius 3 is 2.45 bits per heavy atom. The van der Waals surface area contributed by atoms with Crippen molar-refractivity contribution in [1.82, 2.24) is 9.97 Å². The molecule has 0 unspecified atom stereocenters. The maximum absolute atomic E-state index is 12.9. The number of benzene rings is 1. The standard InChI is InChI=1S/C11H10FN3O4S/c1-18-7-2-4-8(5-3-7)20(16,17)19-11-14-6-9(12)10(13)15-11/h2-6H,1H3,(H2,13,14,15). The highest BCUT2D eigenvalue weighted by Crippen LogP contribution is 2.19. The van der Waals surface area contributed by atoms with Crippen molar-refractivity contribution in [3.63, 3.8) is 0 Å². The molecule has 1 aromatic carbocycles. The average Bonchev–Trinajstić information content (AvgIpc) is 2.43. The third-order valence-corrected chi connectivity index (χ3v) is 3.50. The van der Waals surface area contributed by atoms with Gasteiger partial charge < -0.3 is 14.7 Å². The number of hydrogen-bond acceptors (Lipinski definition) is 7. The second kappa shape index (κ2) is 5.29. The maximum Gasteiger partial charge on any atom is 0.341 e. The van der Waals surface area contributed by atoms with E-state index in [0.717, 1.165) is 6.20 Å². The van der Waals surface area contributed by atoms with Gasteiger partial charge in [0, 0.05) is 0 Å². The third-order valence-electron chi connectivity index (χ3n) is 2.28. The number of halogens is 1. The molecule has 0 spiro atoms. The van der Waals surface area contributed by atoms with Crippen LogP contribution in [0.1, 0.15) is 0 Å². The van der Waals surface area contributed by atoms with Gasteiger partial charge in [-0.15, -0.1) is 0 Å². The second-order valence-corrected chi connectivity index (χ2v) is 5.15. The van der Waals surface area contributed by atoms with Crippen molar-refractivity contribution in [3.8, 4) is 11.8 Å². The van der Waals surface area contributed by atoms with Gasteiger partial charge in [-0.2, -0.15) is 18.4 Å². The van der Waals surface area contributed by atoms with Crippen molar-refractivity contribution >= 4 is 15.9 Å². The van der Waals surface area contributed by atoms with Crippen LogP contribution in [-0.2, 0) is 10.1 Å². The largest absolute Gasteiger partial charge is 0.497 e. The molecule has 9 heteroatoms. The number of nitrogens with two attached hydrogens (primary N) is 1. The van der Waals surface area contributed by atoms with Gasteiger partial charge in [-0.1, -0.05) is 0 Å². The quantitative estimate of drug-likeness (QED) is 0.839. The molecule has 0 saturated carbocycles. The molecule has 0 amide bonds. The molecule has 0 aliphatic rings. The van der Waals surface area contributed by atoms with E-state index in [2.05, 4.69) is 14.2 Å². The molecule has 2 N–H and O–H groups in total. The van der Waals surface area contributed by atoms with Crippen molar-refractivity contribution in [1.29, 1.82) is 0 Å². The lowest BCUT2D eigenvalue weighted by molar-refractivity contribution is 0.414. The van der Waals surface area contributed by atoms with Crippen molar-refractivity contribution < 1.29 is 21.7 Å². The number of hydrogen-bond donors (Lipinski definition) is 1. The van der Waals surface area contributed by atoms with Crippen molar-refractivity contribution in [2.75, 3.05) is 12.8 Å². The molecule has 0 atom stereocenters. The zero-order chi connectivity index (χ0) is 14.8. The molecule has 2 aromatic rings. The van der Waals surface area contributed by atoms with E-state index in [1.54, 1.807) is 0 Å². The first-order valence-corrected chi connectivity index (χ1v) is 6.70. The van der Waals surface area contributed by atoms with Gasteiger partial charge in [0.25, 0.3) is 0 Å². The Hall–Kier alpha value is -2.42. The minimum Gasteiger partial charge on any atom is -0.497 e. The van der Waals surface area contributed by atoms with Crippen LogP contribution in [0.2, 0.25) is 0 Å². The lowest BCUT2D eigenvalue weighted by Crippen LogP contribution is -2.12. The fourth-order valence-corrected chi connectivity index (χ4v) is 2.13. The first-order valence-electron chi connectivity index (χ1n) is 5.29. The number of anilines is 1. The SMILES string of the molecule is COc1ccc(S(=O)(=O)Oc2ncc(F)c(N)n2)cc1. The molecule has 7 nitrogen and oxygen atoms in total. The molecule has 0 radical (unpaired) electrons. The Balaban J connectivity index is 2.27. The summed E-state index contributed by atoms with van der Waals surface area (Å²) in [6.45, 7) is 0. The molecule has 1 heterocycles. The van der Waals surface area contributed by atoms with Crippen LogP contribution in [0.15, 0.2) is 35.4 Å². The highest BCUT2D eigenvalue weighted by atomic mass is 32.2. The van der Waals surface area contributed by atoms with E-state index >= 15 is 0 Å². The second-order valence-electron chi connectivity index (χ2n) is 3.60. The van der Waals surface area contributed by atoms with Gasteiger partial charge in [0.1, 0.15) is 10.6 Å². The van der Waals surface area contributed by atoms with Gasteiger partial charge in [0.2, 0.25) is 0 Å². The Morgan fingerprint density at radius 1 is 1.25 bits per heavy atom. The zero-order valence-electron chi connectivity index (χ0n) is 10.3. The smallest absolute Gasteiger partial charge is 0.341 e. The summed E-state index contributed by atoms with van der Waals surface area (Å²) in [5, 5.41) is 0. The summed E-state index contributed by atoms with van der Waals surface area (Å²) >= 11 is 0. The van der Waals surface area contributed by atoms with Gasteiger partial charge in [-0.25, -0.2) is 4.39 Å². The fourth-order valence-electron chi connectivity index (χ4n) is 1.29. The molecule has 0 aliphatic heterocycles. The minimum atomic E-state index is -4.13. The predicted octanol–water partition coefficient (Wildman–Crippen LogP) is 0.974. The summed E-state index contributed by atoms with van der Waals surface area (Å²) in [5.74, 6) is -0.870. The normalized spacial score (nSPS) is 11.1. The zero-order valence-corrected chi connectivity index (χ0v) is 11.1. The molecular weight excluding hydrogens is 289 g/mol. The molecule has 0 bridgehead atoms. The Kier molecular flexibility index (Phi) is 3.70. The van der Waals surface area contributed by atoms with Crippen LogP contribution >= 0.6 is 0 Å². The highest BCUT2D eigenvalue weighted by molar-refractivity contribution is 7.87. The Morgan fingerprint density at radius 2 is 1.90 bits per heavy atom. The topological polar surface area (TPSA) is 104 Å². The lowest BCUT2D eigenvalue weighted by atomic mass is 10.3. The Labute approximate surface area is 114 Å². The van der Waals surface area contributed by atoms with E-state index < -0.39 is 27.8 Å². The van der Waals surface area contributed by atoms with Crippen LogP contribution in [0, 0.1) is 5.82 Å². The first kappa shape index (κ1) is 14.0. The molecule has 2 rings (SSSR count). The number of aromatic nitrogens is 2. The predicted molar refractivity (Wildman–Crippen MR) is 67.2 cm³/mol. The summed E-state index contributed by atoms with van der Waals surface area (Å²) in [6, 6.07) is 4.94. The van der Waals surface area contributed by atoms with E-state index in [9.17, 15) is 12.8 Å². The summed E-state index contributed by atoms with van der Waals surface area (Å²) in [4.78, 5) is 6.65. The first-order chi connectivity index (χ1) is 9.42. The van der Waals surface area contributed by atoms with Crippen LogP contribution in [0.25, 0.3) is 0 Å². The molecule has 106 valence electrons. The summed E-state index contributed by atoms with van der Waals surface area (Å²) < 4.78 is 46.3. The summed E-state index contributed by atoms with van der Waals surface area (Å²) in [7, 11) is -2.67. The van der Waals surface area contributed by atoms with Gasteiger partial charge >= 0.3 is 16.1 Å². The van der Waals surface area contributed by atoms with Gasteiger partial charge in [0.05, 0.1) is 13.3 Å². The van der Waals surface area contributed by atoms with E-state index in [0.29, 0.717) is 5.75 Å². The molecule has 1 aromatic heterocycles. The Bertz CT molecular complexity index is 719. The van der Waals surface area contributed by atoms with E-state index in [-0.39, 0.29) is 4.90 Å². The van der Waals surface area contributed by atoms with E-state index in [1.807, 2.05) is 0 Å². The summed E-state index contributed by atoms with van der Waals surface area (Å²) in [6.07, 6.45) is 0.723. The average molecular weight is 299 g/mol. The number of methoxy groups -OCH3 is 1.